The highest BCUT2D eigenvalue weighted by molar-refractivity contribution is 7.13. The second-order valence-corrected chi connectivity index (χ2v) is 8.70. The van der Waals surface area contributed by atoms with E-state index in [1.54, 1.807) is 34.4 Å². The summed E-state index contributed by atoms with van der Waals surface area (Å²) in [6.07, 6.45) is 5.15. The van der Waals surface area contributed by atoms with Gasteiger partial charge in [0.05, 0.1) is 12.2 Å². The van der Waals surface area contributed by atoms with E-state index in [1.165, 1.54) is 0 Å². The number of thiazole rings is 1. The van der Waals surface area contributed by atoms with E-state index in [4.69, 9.17) is 23.2 Å². The summed E-state index contributed by atoms with van der Waals surface area (Å²) in [5.74, 6) is -0.0188. The lowest BCUT2D eigenvalue weighted by molar-refractivity contribution is -0.126. The third-order valence-electron chi connectivity index (χ3n) is 5.03. The summed E-state index contributed by atoms with van der Waals surface area (Å²) in [7, 11) is 0. The zero-order chi connectivity index (χ0) is 21.1. The van der Waals surface area contributed by atoms with Crippen LogP contribution in [0.15, 0.2) is 41.9 Å². The van der Waals surface area contributed by atoms with Gasteiger partial charge in [0.25, 0.3) is 0 Å². The van der Waals surface area contributed by atoms with Gasteiger partial charge in [-0.2, -0.15) is 5.10 Å². The van der Waals surface area contributed by atoms with Crippen molar-refractivity contribution in [3.63, 3.8) is 0 Å². The minimum atomic E-state index is -0.0188. The number of aromatic nitrogens is 3. The molecule has 0 aliphatic carbocycles. The van der Waals surface area contributed by atoms with Crippen LogP contribution in [0.4, 0.5) is 5.13 Å². The first kappa shape index (κ1) is 20.9. The Hall–Kier alpha value is -2.35. The quantitative estimate of drug-likeness (QED) is 0.529. The number of benzene rings is 1. The predicted octanol–water partition coefficient (Wildman–Crippen LogP) is 4.37. The Bertz CT molecular complexity index is 1040. The first-order chi connectivity index (χ1) is 14.5. The van der Waals surface area contributed by atoms with Crippen molar-refractivity contribution < 1.29 is 4.79 Å². The Morgan fingerprint density at radius 3 is 2.57 bits per heavy atom. The normalized spacial score (nSPS) is 14.6. The number of piperazine rings is 1. The largest absolute Gasteiger partial charge is 0.345 e. The molecule has 1 amide bonds. The highest BCUT2D eigenvalue weighted by atomic mass is 35.5. The number of rotatable bonds is 5. The minimum Gasteiger partial charge on any atom is -0.345 e. The Balaban J connectivity index is 1.39. The first-order valence-electron chi connectivity index (χ1n) is 9.60. The lowest BCUT2D eigenvalue weighted by Gasteiger charge is -2.34. The Kier molecular flexibility index (Phi) is 6.41. The molecule has 30 heavy (non-hydrogen) atoms. The number of hydrogen-bond donors (Lipinski definition) is 0. The molecule has 0 unspecified atom stereocenters. The van der Waals surface area contributed by atoms with Gasteiger partial charge in [-0.15, -0.1) is 11.3 Å². The number of aryl methyl sites for hydroxylation is 1. The second-order valence-electron chi connectivity index (χ2n) is 7.03. The van der Waals surface area contributed by atoms with Crippen LogP contribution in [0.3, 0.4) is 0 Å². The summed E-state index contributed by atoms with van der Waals surface area (Å²) in [5.41, 5.74) is 2.60. The van der Waals surface area contributed by atoms with Crippen molar-refractivity contribution >= 4 is 51.7 Å². The zero-order valence-electron chi connectivity index (χ0n) is 16.5. The standard InChI is InChI=1S/C21H21Cl2N5OS/c1-15-18(20(23)28(25-15)14-16-2-4-17(22)5-3-16)6-7-19(29)26-9-11-27(12-10-26)21-24-8-13-30-21/h2-8,13H,9-12,14H2,1H3/b7-6+. The molecule has 3 aromatic rings. The molecule has 0 saturated carbocycles. The number of nitrogens with zero attached hydrogens (tertiary/aromatic N) is 5. The molecule has 1 fully saturated rings. The topological polar surface area (TPSA) is 54.3 Å². The average Bonchev–Trinajstić information content (AvgIpc) is 3.37. The lowest BCUT2D eigenvalue weighted by atomic mass is 10.2. The molecule has 4 rings (SSSR count). The number of anilines is 1. The molecule has 1 aliphatic heterocycles. The van der Waals surface area contributed by atoms with Crippen molar-refractivity contribution in [3.05, 3.63) is 68.9 Å². The summed E-state index contributed by atoms with van der Waals surface area (Å²) in [6.45, 7) is 5.34. The van der Waals surface area contributed by atoms with Crippen molar-refractivity contribution in [2.24, 2.45) is 0 Å². The molecule has 0 N–H and O–H groups in total. The molecule has 0 spiro atoms. The molecule has 1 aromatic carbocycles. The van der Waals surface area contributed by atoms with E-state index >= 15 is 0 Å². The van der Waals surface area contributed by atoms with E-state index in [0.717, 1.165) is 35.0 Å². The number of amides is 1. The maximum Gasteiger partial charge on any atom is 0.246 e. The van der Waals surface area contributed by atoms with Crippen LogP contribution in [0.1, 0.15) is 16.8 Å². The lowest BCUT2D eigenvalue weighted by Crippen LogP contribution is -2.48. The number of halogens is 2. The van der Waals surface area contributed by atoms with E-state index in [2.05, 4.69) is 15.0 Å². The summed E-state index contributed by atoms with van der Waals surface area (Å²) >= 11 is 14.1. The van der Waals surface area contributed by atoms with Gasteiger partial charge in [-0.3, -0.25) is 4.79 Å². The maximum absolute atomic E-state index is 12.6. The number of carbonyl (C=O) groups is 1. The molecular weight excluding hydrogens is 441 g/mol. The third kappa shape index (κ3) is 4.69. The number of carbonyl (C=O) groups excluding carboxylic acids is 1. The smallest absolute Gasteiger partial charge is 0.246 e. The molecule has 2 aromatic heterocycles. The van der Waals surface area contributed by atoms with Gasteiger partial charge in [0, 0.05) is 54.4 Å². The Labute approximate surface area is 189 Å². The van der Waals surface area contributed by atoms with Gasteiger partial charge in [0.15, 0.2) is 5.13 Å². The van der Waals surface area contributed by atoms with E-state index in [-0.39, 0.29) is 5.91 Å². The third-order valence-corrected chi connectivity index (χ3v) is 6.51. The van der Waals surface area contributed by atoms with E-state index < -0.39 is 0 Å². The van der Waals surface area contributed by atoms with Crippen molar-refractivity contribution in [2.75, 3.05) is 31.1 Å². The van der Waals surface area contributed by atoms with Crippen LogP contribution in [-0.4, -0.2) is 51.8 Å². The van der Waals surface area contributed by atoms with Crippen molar-refractivity contribution in [3.8, 4) is 0 Å². The zero-order valence-corrected chi connectivity index (χ0v) is 18.8. The van der Waals surface area contributed by atoms with Crippen molar-refractivity contribution in [1.82, 2.24) is 19.7 Å². The fourth-order valence-electron chi connectivity index (χ4n) is 3.37. The molecule has 9 heteroatoms. The van der Waals surface area contributed by atoms with E-state index in [0.29, 0.717) is 29.8 Å². The molecule has 6 nitrogen and oxygen atoms in total. The van der Waals surface area contributed by atoms with Gasteiger partial charge in [0.1, 0.15) is 5.15 Å². The molecule has 0 bridgehead atoms. The highest BCUT2D eigenvalue weighted by Gasteiger charge is 2.21. The molecule has 156 valence electrons. The Morgan fingerprint density at radius 2 is 1.90 bits per heavy atom. The second kappa shape index (κ2) is 9.20. The van der Waals surface area contributed by atoms with Crippen LogP contribution < -0.4 is 4.90 Å². The van der Waals surface area contributed by atoms with Crippen LogP contribution in [-0.2, 0) is 11.3 Å². The molecule has 3 heterocycles. The van der Waals surface area contributed by atoms with Gasteiger partial charge in [-0.25, -0.2) is 9.67 Å². The van der Waals surface area contributed by atoms with Crippen molar-refractivity contribution in [2.45, 2.75) is 13.5 Å². The van der Waals surface area contributed by atoms with Crippen LogP contribution in [0.2, 0.25) is 10.2 Å². The van der Waals surface area contributed by atoms with Crippen LogP contribution in [0, 0.1) is 6.92 Å². The Morgan fingerprint density at radius 1 is 1.17 bits per heavy atom. The SMILES string of the molecule is Cc1nn(Cc2ccc(Cl)cc2)c(Cl)c1/C=C/C(=O)N1CCN(c2nccs2)CC1. The number of hydrogen-bond acceptors (Lipinski definition) is 5. The molecule has 1 saturated heterocycles. The van der Waals surface area contributed by atoms with Gasteiger partial charge >= 0.3 is 0 Å². The van der Waals surface area contributed by atoms with Crippen LogP contribution >= 0.6 is 34.5 Å². The fourth-order valence-corrected chi connectivity index (χ4v) is 4.49. The van der Waals surface area contributed by atoms with Gasteiger partial charge in [-0.1, -0.05) is 35.3 Å². The summed E-state index contributed by atoms with van der Waals surface area (Å²) in [6, 6.07) is 7.57. The van der Waals surface area contributed by atoms with Crippen LogP contribution in [0.5, 0.6) is 0 Å². The van der Waals surface area contributed by atoms with Crippen LogP contribution in [0.25, 0.3) is 6.08 Å². The first-order valence-corrected chi connectivity index (χ1v) is 11.2. The molecule has 0 radical (unpaired) electrons. The average molecular weight is 462 g/mol. The summed E-state index contributed by atoms with van der Waals surface area (Å²) < 4.78 is 1.73. The summed E-state index contributed by atoms with van der Waals surface area (Å²) in [5, 5.41) is 8.70. The van der Waals surface area contributed by atoms with Gasteiger partial charge in [0.2, 0.25) is 5.91 Å². The van der Waals surface area contributed by atoms with E-state index in [9.17, 15) is 4.79 Å². The van der Waals surface area contributed by atoms with Crippen molar-refractivity contribution in [1.29, 1.82) is 0 Å². The van der Waals surface area contributed by atoms with E-state index in [1.807, 2.05) is 41.5 Å². The molecule has 0 atom stereocenters. The minimum absolute atomic E-state index is 0.0188. The predicted molar refractivity (Wildman–Crippen MR) is 122 cm³/mol. The molecule has 1 aliphatic rings. The fraction of sp³-hybridized carbons (Fsp3) is 0.286. The van der Waals surface area contributed by atoms with Gasteiger partial charge in [-0.05, 0) is 30.7 Å². The van der Waals surface area contributed by atoms with Gasteiger partial charge < -0.3 is 9.80 Å². The monoisotopic (exact) mass is 461 g/mol. The molecular formula is C21H21Cl2N5OS. The maximum atomic E-state index is 12.6. The highest BCUT2D eigenvalue weighted by Crippen LogP contribution is 2.23. The summed E-state index contributed by atoms with van der Waals surface area (Å²) in [4.78, 5) is 21.0.